The largest absolute Gasteiger partial charge is 0.416 e. The van der Waals surface area contributed by atoms with Crippen molar-refractivity contribution >= 4 is 28.7 Å². The van der Waals surface area contributed by atoms with Crippen LogP contribution in [0.25, 0.3) is 0 Å². The molecule has 0 atom stereocenters. The third kappa shape index (κ3) is 4.49. The summed E-state index contributed by atoms with van der Waals surface area (Å²) in [6, 6.07) is 11.0. The van der Waals surface area contributed by atoms with Gasteiger partial charge in [0, 0.05) is 24.5 Å². The zero-order chi connectivity index (χ0) is 18.0. The van der Waals surface area contributed by atoms with E-state index in [9.17, 15) is 13.2 Å². The van der Waals surface area contributed by atoms with Crippen molar-refractivity contribution in [1.29, 1.82) is 0 Å². The van der Waals surface area contributed by atoms with Crippen molar-refractivity contribution in [3.63, 3.8) is 0 Å². The Balaban J connectivity index is 1.68. The molecule has 1 aliphatic heterocycles. The van der Waals surface area contributed by atoms with E-state index in [-0.39, 0.29) is 5.11 Å². The SMILES string of the molecule is CN1CCc2ccc(NC(=S)Nc3cccc(C(F)(F)F)c3)cc2C1. The number of nitrogens with one attached hydrogen (secondary N) is 2. The summed E-state index contributed by atoms with van der Waals surface area (Å²) in [6.07, 6.45) is -3.36. The molecule has 0 spiro atoms. The molecule has 0 radical (unpaired) electrons. The van der Waals surface area contributed by atoms with Gasteiger partial charge in [-0.2, -0.15) is 13.2 Å². The van der Waals surface area contributed by atoms with Crippen LogP contribution in [0, 0.1) is 0 Å². The minimum atomic E-state index is -4.38. The van der Waals surface area contributed by atoms with Crippen LogP contribution >= 0.6 is 12.2 Å². The number of alkyl halides is 3. The van der Waals surface area contributed by atoms with Crippen LogP contribution in [0.1, 0.15) is 16.7 Å². The monoisotopic (exact) mass is 365 g/mol. The highest BCUT2D eigenvalue weighted by atomic mass is 32.1. The van der Waals surface area contributed by atoms with Crippen LogP contribution in [0.3, 0.4) is 0 Å². The first-order valence-corrected chi connectivity index (χ1v) is 8.28. The van der Waals surface area contributed by atoms with Crippen molar-refractivity contribution < 1.29 is 13.2 Å². The van der Waals surface area contributed by atoms with Gasteiger partial charge in [-0.25, -0.2) is 0 Å². The molecular formula is C18H18F3N3S. The van der Waals surface area contributed by atoms with Crippen LogP contribution in [0.5, 0.6) is 0 Å². The van der Waals surface area contributed by atoms with Crippen molar-refractivity contribution in [3.05, 3.63) is 59.2 Å². The molecule has 1 heterocycles. The van der Waals surface area contributed by atoms with Crippen LogP contribution in [-0.2, 0) is 19.1 Å². The Bertz CT molecular complexity index is 789. The molecule has 2 aromatic rings. The summed E-state index contributed by atoms with van der Waals surface area (Å²) in [7, 11) is 2.07. The summed E-state index contributed by atoms with van der Waals surface area (Å²) < 4.78 is 38.3. The normalized spacial score (nSPS) is 14.7. The molecule has 3 rings (SSSR count). The first-order chi connectivity index (χ1) is 11.8. The van der Waals surface area contributed by atoms with Crippen molar-refractivity contribution in [2.75, 3.05) is 24.2 Å². The predicted molar refractivity (Wildman–Crippen MR) is 97.8 cm³/mol. The van der Waals surface area contributed by atoms with Crippen LogP contribution in [0.2, 0.25) is 0 Å². The average molecular weight is 365 g/mol. The van der Waals surface area contributed by atoms with Gasteiger partial charge in [0.1, 0.15) is 0 Å². The molecule has 132 valence electrons. The number of fused-ring (bicyclic) bond motifs is 1. The molecular weight excluding hydrogens is 347 g/mol. The highest BCUT2D eigenvalue weighted by Crippen LogP contribution is 2.30. The van der Waals surface area contributed by atoms with Gasteiger partial charge in [0.05, 0.1) is 5.56 Å². The summed E-state index contributed by atoms with van der Waals surface area (Å²) >= 11 is 5.22. The Hall–Kier alpha value is -2.12. The van der Waals surface area contributed by atoms with Crippen LogP contribution < -0.4 is 10.6 Å². The zero-order valence-electron chi connectivity index (χ0n) is 13.7. The molecule has 0 fully saturated rings. The minimum Gasteiger partial charge on any atom is -0.332 e. The highest BCUT2D eigenvalue weighted by molar-refractivity contribution is 7.80. The summed E-state index contributed by atoms with van der Waals surface area (Å²) in [5, 5.41) is 6.09. The van der Waals surface area contributed by atoms with E-state index in [1.54, 1.807) is 6.07 Å². The van der Waals surface area contributed by atoms with Gasteiger partial charge in [-0.15, -0.1) is 0 Å². The van der Waals surface area contributed by atoms with Gasteiger partial charge in [-0.1, -0.05) is 12.1 Å². The number of benzene rings is 2. The number of hydrogen-bond donors (Lipinski definition) is 2. The van der Waals surface area contributed by atoms with Gasteiger partial charge in [-0.3, -0.25) is 0 Å². The van der Waals surface area contributed by atoms with Gasteiger partial charge in [0.15, 0.2) is 5.11 Å². The molecule has 0 aliphatic carbocycles. The molecule has 25 heavy (non-hydrogen) atoms. The van der Waals surface area contributed by atoms with E-state index in [4.69, 9.17) is 12.2 Å². The quantitative estimate of drug-likeness (QED) is 0.766. The van der Waals surface area contributed by atoms with E-state index in [0.29, 0.717) is 5.69 Å². The lowest BCUT2D eigenvalue weighted by Crippen LogP contribution is -2.26. The number of nitrogens with zero attached hydrogens (tertiary/aromatic N) is 1. The Morgan fingerprint density at radius 1 is 1.04 bits per heavy atom. The average Bonchev–Trinajstić information content (AvgIpc) is 2.53. The van der Waals surface area contributed by atoms with Gasteiger partial charge < -0.3 is 15.5 Å². The van der Waals surface area contributed by atoms with E-state index in [0.717, 1.165) is 37.3 Å². The fourth-order valence-corrected chi connectivity index (χ4v) is 3.08. The second-order valence-electron chi connectivity index (χ2n) is 6.13. The van der Waals surface area contributed by atoms with Crippen molar-refractivity contribution in [3.8, 4) is 0 Å². The van der Waals surface area contributed by atoms with Crippen LogP contribution in [-0.4, -0.2) is 23.6 Å². The Morgan fingerprint density at radius 3 is 2.48 bits per heavy atom. The summed E-state index contributed by atoms with van der Waals surface area (Å²) in [5.41, 5.74) is 2.96. The number of hydrogen-bond acceptors (Lipinski definition) is 2. The van der Waals surface area contributed by atoms with E-state index in [1.807, 2.05) is 12.1 Å². The predicted octanol–water partition coefficient (Wildman–Crippen LogP) is 4.50. The smallest absolute Gasteiger partial charge is 0.332 e. The molecule has 0 saturated carbocycles. The molecule has 3 nitrogen and oxygen atoms in total. The second kappa shape index (κ2) is 7.01. The molecule has 1 aliphatic rings. The maximum atomic E-state index is 12.8. The number of thiocarbonyl (C=S) groups is 1. The van der Waals surface area contributed by atoms with E-state index in [1.165, 1.54) is 17.2 Å². The Morgan fingerprint density at radius 2 is 1.76 bits per heavy atom. The van der Waals surface area contributed by atoms with Crippen LogP contribution in [0.15, 0.2) is 42.5 Å². The molecule has 0 bridgehead atoms. The van der Waals surface area contributed by atoms with E-state index >= 15 is 0 Å². The first-order valence-electron chi connectivity index (χ1n) is 7.87. The van der Waals surface area contributed by atoms with Crippen molar-refractivity contribution in [1.82, 2.24) is 4.90 Å². The van der Waals surface area contributed by atoms with Gasteiger partial charge in [-0.05, 0) is 67.1 Å². The fraction of sp³-hybridized carbons (Fsp3) is 0.278. The van der Waals surface area contributed by atoms with Crippen molar-refractivity contribution in [2.24, 2.45) is 0 Å². The maximum Gasteiger partial charge on any atom is 0.416 e. The summed E-state index contributed by atoms with van der Waals surface area (Å²) in [6.45, 7) is 1.91. The van der Waals surface area contributed by atoms with Crippen molar-refractivity contribution in [2.45, 2.75) is 19.1 Å². The standard InChI is InChI=1S/C18H18F3N3S/c1-24-8-7-12-5-6-16(9-13(12)11-24)23-17(25)22-15-4-2-3-14(10-15)18(19,20)21/h2-6,9-10H,7-8,11H2,1H3,(H2,22,23,25). The summed E-state index contributed by atoms with van der Waals surface area (Å²) in [4.78, 5) is 2.24. The van der Waals surface area contributed by atoms with Gasteiger partial charge in [0.25, 0.3) is 0 Å². The third-order valence-corrected chi connectivity index (χ3v) is 4.32. The zero-order valence-corrected chi connectivity index (χ0v) is 14.5. The van der Waals surface area contributed by atoms with Crippen LogP contribution in [0.4, 0.5) is 24.5 Å². The molecule has 7 heteroatoms. The van der Waals surface area contributed by atoms with Gasteiger partial charge in [0.2, 0.25) is 0 Å². The maximum absolute atomic E-state index is 12.8. The number of rotatable bonds is 2. The number of halogens is 3. The summed E-state index contributed by atoms with van der Waals surface area (Å²) in [5.74, 6) is 0. The lowest BCUT2D eigenvalue weighted by Gasteiger charge is -2.25. The fourth-order valence-electron chi connectivity index (χ4n) is 2.84. The number of likely N-dealkylation sites (N-methyl/N-ethyl adjacent to an activating group) is 1. The molecule has 0 unspecified atom stereocenters. The molecule has 2 N–H and O–H groups in total. The van der Waals surface area contributed by atoms with Gasteiger partial charge >= 0.3 is 6.18 Å². The highest BCUT2D eigenvalue weighted by Gasteiger charge is 2.30. The molecule has 0 saturated heterocycles. The minimum absolute atomic E-state index is 0.253. The molecule has 0 amide bonds. The third-order valence-electron chi connectivity index (χ3n) is 4.12. The molecule has 0 aromatic heterocycles. The topological polar surface area (TPSA) is 27.3 Å². The van der Waals surface area contributed by atoms with E-state index < -0.39 is 11.7 Å². The first kappa shape index (κ1) is 17.7. The van der Waals surface area contributed by atoms with E-state index in [2.05, 4.69) is 28.6 Å². The number of anilines is 2. The Kier molecular flexibility index (Phi) is 4.96. The Labute approximate surface area is 149 Å². The lowest BCUT2D eigenvalue weighted by molar-refractivity contribution is -0.137. The molecule has 2 aromatic carbocycles. The lowest BCUT2D eigenvalue weighted by atomic mass is 9.99. The second-order valence-corrected chi connectivity index (χ2v) is 6.54.